The summed E-state index contributed by atoms with van der Waals surface area (Å²) in [6.45, 7) is 0. The SMILES string of the molecule is O=Nc1c(-c2ccc(Cl)cc2)nc2c(F)cccn12. The van der Waals surface area contributed by atoms with Crippen LogP contribution < -0.4 is 0 Å². The molecule has 2 aromatic heterocycles. The first-order chi connectivity index (χ1) is 9.20. The van der Waals surface area contributed by atoms with E-state index >= 15 is 0 Å². The van der Waals surface area contributed by atoms with Crippen molar-refractivity contribution in [1.29, 1.82) is 0 Å². The molecule has 0 aliphatic carbocycles. The second-order valence-electron chi connectivity index (χ2n) is 3.93. The standard InChI is InChI=1S/C13H7ClFN3O/c14-9-5-3-8(4-6-9)11-13(17-19)18-7-1-2-10(15)12(18)16-11/h1-7H. The molecule has 0 saturated heterocycles. The molecule has 0 fully saturated rings. The predicted molar refractivity (Wildman–Crippen MR) is 71.1 cm³/mol. The summed E-state index contributed by atoms with van der Waals surface area (Å²) in [6.07, 6.45) is 1.54. The second-order valence-corrected chi connectivity index (χ2v) is 4.37. The van der Waals surface area contributed by atoms with Gasteiger partial charge < -0.3 is 0 Å². The Bertz CT molecular complexity index is 767. The van der Waals surface area contributed by atoms with Gasteiger partial charge >= 0.3 is 0 Å². The fourth-order valence-electron chi connectivity index (χ4n) is 1.91. The fourth-order valence-corrected chi connectivity index (χ4v) is 2.04. The average Bonchev–Trinajstić information content (AvgIpc) is 2.79. The van der Waals surface area contributed by atoms with Gasteiger partial charge in [0.2, 0.25) is 5.82 Å². The minimum absolute atomic E-state index is 0.0665. The first-order valence-corrected chi connectivity index (χ1v) is 5.84. The molecule has 4 nitrogen and oxygen atoms in total. The maximum Gasteiger partial charge on any atom is 0.209 e. The number of hydrogen-bond donors (Lipinski definition) is 0. The molecule has 0 radical (unpaired) electrons. The van der Waals surface area contributed by atoms with E-state index < -0.39 is 5.82 Å². The first kappa shape index (κ1) is 11.8. The van der Waals surface area contributed by atoms with Gasteiger partial charge in [-0.05, 0) is 29.4 Å². The number of nitroso groups, excluding NO2 is 1. The second kappa shape index (κ2) is 4.44. The van der Waals surface area contributed by atoms with Gasteiger partial charge in [0.05, 0.1) is 0 Å². The molecule has 0 aliphatic heterocycles. The van der Waals surface area contributed by atoms with E-state index in [0.29, 0.717) is 16.3 Å². The fraction of sp³-hybridized carbons (Fsp3) is 0. The van der Waals surface area contributed by atoms with Crippen LogP contribution in [0.1, 0.15) is 0 Å². The van der Waals surface area contributed by atoms with Crippen molar-refractivity contribution in [2.75, 3.05) is 0 Å². The van der Waals surface area contributed by atoms with Crippen LogP contribution in [-0.2, 0) is 0 Å². The summed E-state index contributed by atoms with van der Waals surface area (Å²) >= 11 is 5.81. The highest BCUT2D eigenvalue weighted by atomic mass is 35.5. The monoisotopic (exact) mass is 275 g/mol. The van der Waals surface area contributed by atoms with Gasteiger partial charge in [-0.1, -0.05) is 23.7 Å². The molecule has 3 aromatic rings. The summed E-state index contributed by atoms with van der Waals surface area (Å²) in [7, 11) is 0. The molecule has 1 aromatic carbocycles. The number of halogens is 2. The number of benzene rings is 1. The third-order valence-corrected chi connectivity index (χ3v) is 3.03. The van der Waals surface area contributed by atoms with E-state index in [2.05, 4.69) is 10.2 Å². The zero-order chi connectivity index (χ0) is 13.4. The summed E-state index contributed by atoms with van der Waals surface area (Å²) in [6, 6.07) is 9.53. The van der Waals surface area contributed by atoms with E-state index in [1.54, 1.807) is 30.5 Å². The molecule has 3 rings (SSSR count). The number of fused-ring (bicyclic) bond motifs is 1. The Kier molecular flexibility index (Phi) is 2.76. The maximum absolute atomic E-state index is 13.6. The van der Waals surface area contributed by atoms with Crippen LogP contribution in [-0.4, -0.2) is 9.38 Å². The van der Waals surface area contributed by atoms with Gasteiger partial charge in [-0.15, -0.1) is 4.91 Å². The molecular weight excluding hydrogens is 269 g/mol. The highest BCUT2D eigenvalue weighted by Gasteiger charge is 2.16. The first-order valence-electron chi connectivity index (χ1n) is 5.46. The Morgan fingerprint density at radius 1 is 1.21 bits per heavy atom. The average molecular weight is 276 g/mol. The van der Waals surface area contributed by atoms with Crippen LogP contribution in [0.15, 0.2) is 47.8 Å². The number of rotatable bonds is 2. The normalized spacial score (nSPS) is 10.8. The minimum atomic E-state index is -0.507. The van der Waals surface area contributed by atoms with Crippen LogP contribution >= 0.6 is 11.6 Å². The van der Waals surface area contributed by atoms with Crippen LogP contribution in [0, 0.1) is 10.7 Å². The number of aromatic nitrogens is 2. The number of nitrogens with zero attached hydrogens (tertiary/aromatic N) is 3. The Morgan fingerprint density at radius 3 is 2.63 bits per heavy atom. The van der Waals surface area contributed by atoms with Crippen molar-refractivity contribution in [1.82, 2.24) is 9.38 Å². The molecule has 2 heterocycles. The van der Waals surface area contributed by atoms with Gasteiger partial charge in [0.25, 0.3) is 0 Å². The molecule has 0 aliphatic rings. The van der Waals surface area contributed by atoms with Crippen LogP contribution in [0.5, 0.6) is 0 Å². The Hall–Kier alpha value is -2.27. The van der Waals surface area contributed by atoms with Crippen LogP contribution in [0.2, 0.25) is 5.02 Å². The Morgan fingerprint density at radius 2 is 1.95 bits per heavy atom. The van der Waals surface area contributed by atoms with E-state index in [-0.39, 0.29) is 11.5 Å². The molecule has 0 unspecified atom stereocenters. The summed E-state index contributed by atoms with van der Waals surface area (Å²) in [5, 5.41) is 3.52. The lowest BCUT2D eigenvalue weighted by Crippen LogP contribution is -1.86. The van der Waals surface area contributed by atoms with Crippen molar-refractivity contribution >= 4 is 23.1 Å². The van der Waals surface area contributed by atoms with Crippen molar-refractivity contribution < 1.29 is 4.39 Å². The molecule has 94 valence electrons. The van der Waals surface area contributed by atoms with Crippen molar-refractivity contribution in [2.45, 2.75) is 0 Å². The molecule has 6 heteroatoms. The molecule has 0 atom stereocenters. The van der Waals surface area contributed by atoms with E-state index in [4.69, 9.17) is 11.6 Å². The third-order valence-electron chi connectivity index (χ3n) is 2.78. The summed E-state index contributed by atoms with van der Waals surface area (Å²) in [4.78, 5) is 15.1. The summed E-state index contributed by atoms with van der Waals surface area (Å²) in [5.74, 6) is -0.440. The van der Waals surface area contributed by atoms with E-state index in [1.165, 1.54) is 16.5 Å². The van der Waals surface area contributed by atoms with Crippen molar-refractivity contribution in [3.63, 3.8) is 0 Å². The zero-order valence-electron chi connectivity index (χ0n) is 9.55. The molecule has 0 amide bonds. The van der Waals surface area contributed by atoms with Crippen molar-refractivity contribution in [3.8, 4) is 11.3 Å². The summed E-state index contributed by atoms with van der Waals surface area (Å²) in [5.41, 5.74) is 1.06. The van der Waals surface area contributed by atoms with Gasteiger partial charge in [-0.3, -0.25) is 4.40 Å². The van der Waals surface area contributed by atoms with Gasteiger partial charge in [0, 0.05) is 16.8 Å². The Labute approximate surface area is 112 Å². The predicted octanol–water partition coefficient (Wildman–Crippen LogP) is 4.19. The van der Waals surface area contributed by atoms with Crippen molar-refractivity contribution in [3.05, 3.63) is 58.3 Å². The molecule has 19 heavy (non-hydrogen) atoms. The minimum Gasteiger partial charge on any atom is -0.279 e. The van der Waals surface area contributed by atoms with Gasteiger partial charge in [0.1, 0.15) is 5.69 Å². The quantitative estimate of drug-likeness (QED) is 0.658. The van der Waals surface area contributed by atoms with Gasteiger partial charge in [0.15, 0.2) is 11.5 Å². The highest BCUT2D eigenvalue weighted by molar-refractivity contribution is 6.30. The molecule has 0 saturated carbocycles. The number of imidazole rings is 1. The van der Waals surface area contributed by atoms with E-state index in [0.717, 1.165) is 0 Å². The topological polar surface area (TPSA) is 46.7 Å². The lowest BCUT2D eigenvalue weighted by molar-refractivity contribution is 0.630. The van der Waals surface area contributed by atoms with Crippen LogP contribution in [0.25, 0.3) is 16.9 Å². The molecule has 0 spiro atoms. The third kappa shape index (κ3) is 1.88. The lowest BCUT2D eigenvalue weighted by atomic mass is 10.1. The van der Waals surface area contributed by atoms with Crippen LogP contribution in [0.4, 0.5) is 10.2 Å². The number of pyridine rings is 1. The maximum atomic E-state index is 13.6. The molecule has 0 bridgehead atoms. The lowest BCUT2D eigenvalue weighted by Gasteiger charge is -1.97. The van der Waals surface area contributed by atoms with E-state index in [9.17, 15) is 9.30 Å². The van der Waals surface area contributed by atoms with Gasteiger partial charge in [-0.2, -0.15) is 0 Å². The Balaban J connectivity index is 2.32. The molecular formula is C13H7ClFN3O. The molecule has 0 N–H and O–H groups in total. The smallest absolute Gasteiger partial charge is 0.209 e. The van der Waals surface area contributed by atoms with Crippen molar-refractivity contribution in [2.24, 2.45) is 5.18 Å². The highest BCUT2D eigenvalue weighted by Crippen LogP contribution is 2.32. The zero-order valence-corrected chi connectivity index (χ0v) is 10.3. The summed E-state index contributed by atoms with van der Waals surface area (Å²) < 4.78 is 15.0. The van der Waals surface area contributed by atoms with E-state index in [1.807, 2.05) is 0 Å². The van der Waals surface area contributed by atoms with Crippen LogP contribution in [0.3, 0.4) is 0 Å². The largest absolute Gasteiger partial charge is 0.279 e. The van der Waals surface area contributed by atoms with Gasteiger partial charge in [-0.25, -0.2) is 9.37 Å². The number of hydrogen-bond acceptors (Lipinski definition) is 3.